The number of thioether (sulfide) groups is 1. The van der Waals surface area contributed by atoms with Gasteiger partial charge in [0, 0.05) is 11.1 Å². The molecule has 0 bridgehead atoms. The quantitative estimate of drug-likeness (QED) is 0.333. The molecule has 5 heteroatoms. The minimum absolute atomic E-state index is 0.590. The van der Waals surface area contributed by atoms with Crippen molar-refractivity contribution in [2.45, 2.75) is 10.8 Å². The van der Waals surface area contributed by atoms with Gasteiger partial charge in [-0.15, -0.1) is 0 Å². The first kappa shape index (κ1) is 19.1. The van der Waals surface area contributed by atoms with Crippen molar-refractivity contribution in [1.29, 1.82) is 5.26 Å². The number of aromatic amines is 1. The fraction of sp³-hybridized carbons (Fsp3) is 0.0385. The number of imidazole rings is 1. The van der Waals surface area contributed by atoms with Gasteiger partial charge in [-0.2, -0.15) is 5.26 Å². The molecule has 148 valence electrons. The van der Waals surface area contributed by atoms with Crippen LogP contribution in [0.5, 0.6) is 0 Å². The average molecular weight is 419 g/mol. The van der Waals surface area contributed by atoms with Gasteiger partial charge >= 0.3 is 0 Å². The fourth-order valence-electron chi connectivity index (χ4n) is 3.55. The highest BCUT2D eigenvalue weighted by Gasteiger charge is 2.16. The molecular weight excluding hydrogens is 400 g/mol. The lowest BCUT2D eigenvalue weighted by atomic mass is 9.99. The number of para-hydroxylation sites is 2. The lowest BCUT2D eigenvalue weighted by Crippen LogP contribution is -1.96. The average Bonchev–Trinajstić information content (AvgIpc) is 3.26. The van der Waals surface area contributed by atoms with Crippen molar-refractivity contribution in [2.75, 3.05) is 0 Å². The molecule has 0 saturated heterocycles. The van der Waals surface area contributed by atoms with Crippen LogP contribution in [0.15, 0.2) is 96.0 Å². The van der Waals surface area contributed by atoms with Crippen molar-refractivity contribution in [2.24, 2.45) is 0 Å². The number of rotatable bonds is 5. The van der Waals surface area contributed by atoms with Crippen LogP contribution in [0.4, 0.5) is 0 Å². The zero-order valence-corrected chi connectivity index (χ0v) is 17.4. The molecule has 0 radical (unpaired) electrons. The van der Waals surface area contributed by atoms with E-state index < -0.39 is 0 Å². The summed E-state index contributed by atoms with van der Waals surface area (Å²) in [7, 11) is 0. The van der Waals surface area contributed by atoms with Crippen LogP contribution in [-0.2, 0) is 5.75 Å². The second kappa shape index (κ2) is 8.47. The monoisotopic (exact) mass is 418 g/mol. The van der Waals surface area contributed by atoms with E-state index in [9.17, 15) is 5.26 Å². The Kier molecular flexibility index (Phi) is 5.22. The van der Waals surface area contributed by atoms with Crippen LogP contribution in [0, 0.1) is 11.3 Å². The Morgan fingerprint density at radius 3 is 2.19 bits per heavy atom. The van der Waals surface area contributed by atoms with E-state index in [-0.39, 0.29) is 0 Å². The highest BCUT2D eigenvalue weighted by atomic mass is 32.2. The maximum atomic E-state index is 10.0. The van der Waals surface area contributed by atoms with Crippen molar-refractivity contribution >= 4 is 22.8 Å². The summed E-state index contributed by atoms with van der Waals surface area (Å²) in [5.74, 6) is 1.46. The fourth-order valence-corrected chi connectivity index (χ4v) is 4.42. The van der Waals surface area contributed by atoms with E-state index in [4.69, 9.17) is 4.98 Å². The van der Waals surface area contributed by atoms with Gasteiger partial charge < -0.3 is 4.98 Å². The highest BCUT2D eigenvalue weighted by molar-refractivity contribution is 7.98. The normalized spacial score (nSPS) is 10.8. The van der Waals surface area contributed by atoms with Crippen molar-refractivity contribution < 1.29 is 0 Å². The molecule has 31 heavy (non-hydrogen) atoms. The smallest absolute Gasteiger partial charge is 0.117 e. The highest BCUT2D eigenvalue weighted by Crippen LogP contribution is 2.35. The van der Waals surface area contributed by atoms with E-state index in [1.807, 2.05) is 91.0 Å². The van der Waals surface area contributed by atoms with Gasteiger partial charge in [-0.05, 0) is 23.8 Å². The minimum atomic E-state index is 0.590. The molecule has 0 aliphatic rings. The molecule has 0 saturated carbocycles. The maximum Gasteiger partial charge on any atom is 0.117 e. The lowest BCUT2D eigenvalue weighted by molar-refractivity contribution is 1.09. The van der Waals surface area contributed by atoms with E-state index in [2.05, 4.69) is 16.0 Å². The summed E-state index contributed by atoms with van der Waals surface area (Å²) in [5.41, 5.74) is 6.31. The Morgan fingerprint density at radius 2 is 1.48 bits per heavy atom. The molecule has 0 spiro atoms. The number of H-pyrrole nitrogens is 1. The zero-order chi connectivity index (χ0) is 21.0. The Labute approximate surface area is 184 Å². The van der Waals surface area contributed by atoms with Crippen LogP contribution in [0.2, 0.25) is 0 Å². The summed E-state index contributed by atoms with van der Waals surface area (Å²) in [6.07, 6.45) is 0. The van der Waals surface area contributed by atoms with Gasteiger partial charge in [-0.3, -0.25) is 0 Å². The number of nitrogens with zero attached hydrogens (tertiary/aromatic N) is 3. The third-order valence-electron chi connectivity index (χ3n) is 5.04. The first-order valence-electron chi connectivity index (χ1n) is 9.94. The van der Waals surface area contributed by atoms with Crippen LogP contribution < -0.4 is 0 Å². The number of nitriles is 1. The van der Waals surface area contributed by atoms with Gasteiger partial charge in [0.25, 0.3) is 0 Å². The van der Waals surface area contributed by atoms with Gasteiger partial charge in [0.15, 0.2) is 0 Å². The molecule has 0 fully saturated rings. The van der Waals surface area contributed by atoms with Crippen molar-refractivity contribution in [1.82, 2.24) is 15.0 Å². The number of nitrogens with one attached hydrogen (secondary N) is 1. The van der Waals surface area contributed by atoms with Crippen LogP contribution in [0.3, 0.4) is 0 Å². The van der Waals surface area contributed by atoms with E-state index in [0.29, 0.717) is 16.3 Å². The lowest BCUT2D eigenvalue weighted by Gasteiger charge is -2.12. The van der Waals surface area contributed by atoms with Crippen LogP contribution in [0.1, 0.15) is 11.4 Å². The summed E-state index contributed by atoms with van der Waals surface area (Å²) >= 11 is 1.53. The molecule has 0 amide bonds. The van der Waals surface area contributed by atoms with E-state index in [1.165, 1.54) is 11.8 Å². The first-order chi connectivity index (χ1) is 15.3. The number of benzene rings is 3. The molecule has 3 aromatic carbocycles. The number of fused-ring (bicyclic) bond motifs is 1. The third-order valence-corrected chi connectivity index (χ3v) is 6.02. The second-order valence-corrected chi connectivity index (χ2v) is 8.03. The molecule has 5 rings (SSSR count). The molecule has 0 atom stereocenters. The molecule has 0 aliphatic carbocycles. The van der Waals surface area contributed by atoms with Crippen LogP contribution >= 0.6 is 11.8 Å². The summed E-state index contributed by atoms with van der Waals surface area (Å²) < 4.78 is 0. The second-order valence-electron chi connectivity index (χ2n) is 7.07. The molecule has 1 N–H and O–H groups in total. The van der Waals surface area contributed by atoms with Crippen molar-refractivity contribution in [3.8, 4) is 28.5 Å². The summed E-state index contributed by atoms with van der Waals surface area (Å²) in [5, 5.41) is 10.7. The number of aromatic nitrogens is 3. The number of hydrogen-bond acceptors (Lipinski definition) is 4. The Bertz CT molecular complexity index is 1350. The van der Waals surface area contributed by atoms with E-state index in [1.54, 1.807) is 0 Å². The number of pyridine rings is 1. The van der Waals surface area contributed by atoms with Crippen LogP contribution in [-0.4, -0.2) is 15.0 Å². The van der Waals surface area contributed by atoms with Gasteiger partial charge in [0.05, 0.1) is 28.0 Å². The Morgan fingerprint density at radius 1 is 0.806 bits per heavy atom. The number of hydrogen-bond donors (Lipinski definition) is 1. The summed E-state index contributed by atoms with van der Waals surface area (Å²) in [6, 6.07) is 32.4. The third kappa shape index (κ3) is 3.94. The van der Waals surface area contributed by atoms with E-state index >= 15 is 0 Å². The van der Waals surface area contributed by atoms with Gasteiger partial charge in [-0.1, -0.05) is 84.6 Å². The molecular formula is C26H18N4S. The standard InChI is InChI=1S/C26H18N4S/c27-16-21-20(18-9-3-1-4-10-18)15-24(19-11-5-2-6-12-19)30-26(21)31-17-25-28-22-13-7-8-14-23(22)29-25/h1-15H,17H2,(H,28,29). The zero-order valence-electron chi connectivity index (χ0n) is 16.6. The van der Waals surface area contributed by atoms with Crippen molar-refractivity contribution in [3.05, 3.63) is 102 Å². The van der Waals surface area contributed by atoms with Crippen molar-refractivity contribution in [3.63, 3.8) is 0 Å². The van der Waals surface area contributed by atoms with Crippen LogP contribution in [0.25, 0.3) is 33.4 Å². The predicted octanol–water partition coefficient (Wildman–Crippen LogP) is 6.46. The SMILES string of the molecule is N#Cc1c(-c2ccccc2)cc(-c2ccccc2)nc1SCc1nc2ccccc2[nH]1. The summed E-state index contributed by atoms with van der Waals surface area (Å²) in [4.78, 5) is 12.9. The topological polar surface area (TPSA) is 65.4 Å². The Hall–Kier alpha value is -3.88. The molecule has 2 heterocycles. The largest absolute Gasteiger partial charge is 0.341 e. The predicted molar refractivity (Wildman–Crippen MR) is 125 cm³/mol. The molecule has 0 aliphatic heterocycles. The molecule has 4 nitrogen and oxygen atoms in total. The van der Waals surface area contributed by atoms with E-state index in [0.717, 1.165) is 39.2 Å². The van der Waals surface area contributed by atoms with Gasteiger partial charge in [0.2, 0.25) is 0 Å². The summed E-state index contributed by atoms with van der Waals surface area (Å²) in [6.45, 7) is 0. The molecule has 0 unspecified atom stereocenters. The molecule has 2 aromatic heterocycles. The maximum absolute atomic E-state index is 10.0. The molecule has 5 aromatic rings. The van der Waals surface area contributed by atoms with Gasteiger partial charge in [0.1, 0.15) is 16.9 Å². The van der Waals surface area contributed by atoms with Gasteiger partial charge in [-0.25, -0.2) is 9.97 Å². The Balaban J connectivity index is 1.58. The minimum Gasteiger partial charge on any atom is -0.341 e. The first-order valence-corrected chi connectivity index (χ1v) is 10.9.